The number of nitrogens with zero attached hydrogens (tertiary/aromatic N) is 5. The normalized spacial score (nSPS) is 11.0. The number of benzene rings is 1. The van der Waals surface area contributed by atoms with Crippen molar-refractivity contribution in [3.05, 3.63) is 42.2 Å². The highest BCUT2D eigenvalue weighted by Crippen LogP contribution is 2.26. The number of methoxy groups -OCH3 is 2. The summed E-state index contributed by atoms with van der Waals surface area (Å²) < 4.78 is 12.0. The first-order chi connectivity index (χ1) is 10.8. The Balaban J connectivity index is 1.73. The maximum atomic E-state index is 5.24. The van der Waals surface area contributed by atoms with Crippen LogP contribution in [0.3, 0.4) is 0 Å². The number of rotatable bonds is 5. The lowest BCUT2D eigenvalue weighted by molar-refractivity contribution is 0.355. The quantitative estimate of drug-likeness (QED) is 0.568. The highest BCUT2D eigenvalue weighted by Gasteiger charge is 2.03. The van der Waals surface area contributed by atoms with Crippen molar-refractivity contribution >= 4 is 17.7 Å². The lowest BCUT2D eigenvalue weighted by Gasteiger charge is -2.07. The number of hydrogen-bond acceptors (Lipinski definition) is 7. The predicted octanol–water partition coefficient (Wildman–Crippen LogP) is 1.59. The molecule has 0 radical (unpaired) electrons. The minimum absolute atomic E-state index is 0.587. The minimum atomic E-state index is 0.587. The highest BCUT2D eigenvalue weighted by molar-refractivity contribution is 5.81. The van der Waals surface area contributed by atoms with Gasteiger partial charge >= 0.3 is 0 Å². The molecule has 112 valence electrons. The molecule has 0 aliphatic carbocycles. The van der Waals surface area contributed by atoms with Crippen LogP contribution < -0.4 is 14.9 Å². The average Bonchev–Trinajstić information content (AvgIpc) is 3.02. The summed E-state index contributed by atoms with van der Waals surface area (Å²) >= 11 is 0. The lowest BCUT2D eigenvalue weighted by Crippen LogP contribution is -1.98. The zero-order valence-corrected chi connectivity index (χ0v) is 12.1. The first kappa shape index (κ1) is 13.8. The molecule has 3 aromatic rings. The third-order valence-electron chi connectivity index (χ3n) is 2.96. The molecule has 0 spiro atoms. The molecule has 0 aliphatic heterocycles. The summed E-state index contributed by atoms with van der Waals surface area (Å²) in [5, 5.41) is 16.0. The molecule has 0 fully saturated rings. The summed E-state index contributed by atoms with van der Waals surface area (Å²) in [6, 6.07) is 9.11. The summed E-state index contributed by atoms with van der Waals surface area (Å²) in [6.45, 7) is 0. The van der Waals surface area contributed by atoms with Crippen molar-refractivity contribution in [3.8, 4) is 11.5 Å². The number of anilines is 1. The van der Waals surface area contributed by atoms with Crippen LogP contribution in [0.2, 0.25) is 0 Å². The van der Waals surface area contributed by atoms with Crippen molar-refractivity contribution in [2.75, 3.05) is 19.6 Å². The Hall–Kier alpha value is -3.16. The van der Waals surface area contributed by atoms with E-state index in [1.54, 1.807) is 37.1 Å². The standard InChI is InChI=1S/C14H14N6O2/c1-21-11-4-3-10(7-12(11)22-2)8-15-17-13-5-6-14-18-16-9-20(14)19-13/h3-9H,1-2H3,(H,17,19). The maximum absolute atomic E-state index is 5.24. The topological polar surface area (TPSA) is 85.9 Å². The second-order valence-corrected chi connectivity index (χ2v) is 4.34. The van der Waals surface area contributed by atoms with Crippen LogP contribution in [0.25, 0.3) is 5.65 Å². The zero-order chi connectivity index (χ0) is 15.4. The van der Waals surface area contributed by atoms with E-state index >= 15 is 0 Å². The van der Waals surface area contributed by atoms with Gasteiger partial charge in [0.05, 0.1) is 20.4 Å². The molecule has 1 aromatic carbocycles. The Kier molecular flexibility index (Phi) is 3.82. The Morgan fingerprint density at radius 1 is 1.14 bits per heavy atom. The molecule has 3 rings (SSSR count). The fraction of sp³-hybridized carbons (Fsp3) is 0.143. The van der Waals surface area contributed by atoms with Crippen molar-refractivity contribution in [1.29, 1.82) is 0 Å². The summed E-state index contributed by atoms with van der Waals surface area (Å²) in [7, 11) is 3.19. The van der Waals surface area contributed by atoms with Crippen LogP contribution in [0.15, 0.2) is 41.8 Å². The molecule has 1 N–H and O–H groups in total. The number of fused-ring (bicyclic) bond motifs is 1. The van der Waals surface area contributed by atoms with Crippen molar-refractivity contribution in [1.82, 2.24) is 19.8 Å². The van der Waals surface area contributed by atoms with Gasteiger partial charge in [-0.3, -0.25) is 5.43 Å². The third kappa shape index (κ3) is 2.80. The van der Waals surface area contributed by atoms with Crippen LogP contribution in [-0.4, -0.2) is 40.2 Å². The molecule has 0 saturated carbocycles. The summed E-state index contributed by atoms with van der Waals surface area (Å²) in [5.74, 6) is 1.91. The Bertz CT molecular complexity index is 814. The van der Waals surface area contributed by atoms with Gasteiger partial charge in [0.25, 0.3) is 0 Å². The molecule has 8 nitrogen and oxygen atoms in total. The molecule has 0 atom stereocenters. The van der Waals surface area contributed by atoms with E-state index in [0.29, 0.717) is 23.0 Å². The van der Waals surface area contributed by atoms with Crippen molar-refractivity contribution in [3.63, 3.8) is 0 Å². The molecular weight excluding hydrogens is 284 g/mol. The van der Waals surface area contributed by atoms with Gasteiger partial charge in [-0.25, -0.2) is 0 Å². The van der Waals surface area contributed by atoms with E-state index in [4.69, 9.17) is 9.47 Å². The predicted molar refractivity (Wildman–Crippen MR) is 81.5 cm³/mol. The molecule has 8 heteroatoms. The van der Waals surface area contributed by atoms with Gasteiger partial charge in [-0.15, -0.1) is 15.3 Å². The number of aromatic nitrogens is 4. The van der Waals surface area contributed by atoms with Gasteiger partial charge in [0, 0.05) is 0 Å². The van der Waals surface area contributed by atoms with Crippen LogP contribution in [0.4, 0.5) is 5.82 Å². The van der Waals surface area contributed by atoms with Crippen LogP contribution >= 0.6 is 0 Å². The Morgan fingerprint density at radius 2 is 2.00 bits per heavy atom. The molecular formula is C14H14N6O2. The van der Waals surface area contributed by atoms with Crippen molar-refractivity contribution in [2.45, 2.75) is 0 Å². The first-order valence-electron chi connectivity index (χ1n) is 6.48. The van der Waals surface area contributed by atoms with Crippen LogP contribution in [0, 0.1) is 0 Å². The SMILES string of the molecule is COc1ccc(C=NNc2ccc3nncn3n2)cc1OC. The summed E-state index contributed by atoms with van der Waals surface area (Å²) in [5.41, 5.74) is 4.40. The smallest absolute Gasteiger partial charge is 0.177 e. The van der Waals surface area contributed by atoms with E-state index < -0.39 is 0 Å². The van der Waals surface area contributed by atoms with Gasteiger partial charge in [-0.05, 0) is 35.9 Å². The van der Waals surface area contributed by atoms with Crippen LogP contribution in [0.1, 0.15) is 5.56 Å². The number of hydrogen-bond donors (Lipinski definition) is 1. The van der Waals surface area contributed by atoms with Crippen molar-refractivity contribution in [2.24, 2.45) is 5.10 Å². The minimum Gasteiger partial charge on any atom is -0.493 e. The number of hydrazone groups is 1. The second-order valence-electron chi connectivity index (χ2n) is 4.34. The molecule has 2 heterocycles. The van der Waals surface area contributed by atoms with E-state index in [1.807, 2.05) is 18.2 Å². The van der Waals surface area contributed by atoms with Gasteiger partial charge in [-0.2, -0.15) is 9.62 Å². The largest absolute Gasteiger partial charge is 0.493 e. The van der Waals surface area contributed by atoms with E-state index in [0.717, 1.165) is 5.56 Å². The molecule has 0 aliphatic rings. The summed E-state index contributed by atoms with van der Waals surface area (Å²) in [6.07, 6.45) is 3.19. The monoisotopic (exact) mass is 298 g/mol. The van der Waals surface area contributed by atoms with Gasteiger partial charge in [0.2, 0.25) is 0 Å². The number of ether oxygens (including phenoxy) is 2. The fourth-order valence-corrected chi connectivity index (χ4v) is 1.89. The van der Waals surface area contributed by atoms with Crippen LogP contribution in [0.5, 0.6) is 11.5 Å². The Morgan fingerprint density at radius 3 is 2.82 bits per heavy atom. The fourth-order valence-electron chi connectivity index (χ4n) is 1.89. The molecule has 22 heavy (non-hydrogen) atoms. The molecule has 0 unspecified atom stereocenters. The first-order valence-corrected chi connectivity index (χ1v) is 6.48. The number of nitrogens with one attached hydrogen (secondary N) is 1. The third-order valence-corrected chi connectivity index (χ3v) is 2.96. The average molecular weight is 298 g/mol. The second kappa shape index (κ2) is 6.08. The van der Waals surface area contributed by atoms with Crippen molar-refractivity contribution < 1.29 is 9.47 Å². The lowest BCUT2D eigenvalue weighted by atomic mass is 10.2. The van der Waals surface area contributed by atoms with Gasteiger partial charge in [0.15, 0.2) is 23.0 Å². The molecule has 0 bridgehead atoms. The van der Waals surface area contributed by atoms with E-state index in [-0.39, 0.29) is 0 Å². The summed E-state index contributed by atoms with van der Waals surface area (Å²) in [4.78, 5) is 0. The molecule has 0 saturated heterocycles. The molecule has 0 amide bonds. The highest BCUT2D eigenvalue weighted by atomic mass is 16.5. The van der Waals surface area contributed by atoms with Crippen LogP contribution in [-0.2, 0) is 0 Å². The van der Waals surface area contributed by atoms with E-state index in [1.165, 1.54) is 6.33 Å². The van der Waals surface area contributed by atoms with Gasteiger partial charge < -0.3 is 9.47 Å². The van der Waals surface area contributed by atoms with Gasteiger partial charge in [-0.1, -0.05) is 0 Å². The van der Waals surface area contributed by atoms with Gasteiger partial charge in [0.1, 0.15) is 6.33 Å². The van der Waals surface area contributed by atoms with E-state index in [2.05, 4.69) is 25.8 Å². The molecule has 2 aromatic heterocycles. The van der Waals surface area contributed by atoms with E-state index in [9.17, 15) is 0 Å². The Labute approximate surface area is 126 Å². The zero-order valence-electron chi connectivity index (χ0n) is 12.1. The maximum Gasteiger partial charge on any atom is 0.177 e.